The molecule has 7 heteroatoms. The zero-order chi connectivity index (χ0) is 20.4. The predicted molar refractivity (Wildman–Crippen MR) is 99.8 cm³/mol. The maximum absolute atomic E-state index is 12.4. The first-order chi connectivity index (χ1) is 12.6. The van der Waals surface area contributed by atoms with Gasteiger partial charge in [-0.3, -0.25) is 4.90 Å². The molecule has 0 saturated carbocycles. The van der Waals surface area contributed by atoms with Crippen LogP contribution in [0, 0.1) is 5.92 Å². The van der Waals surface area contributed by atoms with Crippen LogP contribution in [0.15, 0.2) is 23.3 Å². The minimum absolute atomic E-state index is 0.00159. The van der Waals surface area contributed by atoms with Gasteiger partial charge in [0.15, 0.2) is 5.60 Å². The van der Waals surface area contributed by atoms with Crippen molar-refractivity contribution in [3.05, 3.63) is 23.3 Å². The molecule has 2 N–H and O–H groups in total. The number of nitrogens with zero attached hydrogens (tertiary/aromatic N) is 1. The maximum Gasteiger partial charge on any atom is 0.341 e. The monoisotopic (exact) mass is 381 g/mol. The number of aliphatic hydroxyl groups is 2. The van der Waals surface area contributed by atoms with Crippen molar-refractivity contribution in [2.24, 2.45) is 5.92 Å². The number of hydrogen-bond acceptors (Lipinski definition) is 7. The summed E-state index contributed by atoms with van der Waals surface area (Å²) in [5.74, 6) is -1.68. The number of esters is 2. The number of allylic oxidation sites excluding steroid dienone is 1. The van der Waals surface area contributed by atoms with Crippen LogP contribution in [0.1, 0.15) is 41.0 Å². The third kappa shape index (κ3) is 4.25. The minimum Gasteiger partial charge on any atom is -0.459 e. The van der Waals surface area contributed by atoms with Crippen LogP contribution in [-0.2, 0) is 19.1 Å². The van der Waals surface area contributed by atoms with Crippen molar-refractivity contribution in [2.75, 3.05) is 19.7 Å². The molecule has 1 saturated heterocycles. The van der Waals surface area contributed by atoms with Crippen LogP contribution in [-0.4, -0.2) is 70.6 Å². The van der Waals surface area contributed by atoms with Gasteiger partial charge in [0.05, 0.1) is 12.1 Å². The number of ether oxygens (including phenoxy) is 2. The van der Waals surface area contributed by atoms with Gasteiger partial charge in [0.1, 0.15) is 12.7 Å². The lowest BCUT2D eigenvalue weighted by Crippen LogP contribution is -2.53. The van der Waals surface area contributed by atoms with Crippen molar-refractivity contribution in [1.29, 1.82) is 0 Å². The Morgan fingerprint density at radius 2 is 2.07 bits per heavy atom. The Hall–Kier alpha value is -1.70. The highest BCUT2D eigenvalue weighted by Crippen LogP contribution is 2.32. The lowest BCUT2D eigenvalue weighted by molar-refractivity contribution is -0.183. The third-order valence-corrected chi connectivity index (χ3v) is 5.64. The highest BCUT2D eigenvalue weighted by molar-refractivity contribution is 5.87. The average Bonchev–Trinajstić information content (AvgIpc) is 3.20. The van der Waals surface area contributed by atoms with Crippen LogP contribution < -0.4 is 0 Å². The molecule has 152 valence electrons. The van der Waals surface area contributed by atoms with Crippen LogP contribution >= 0.6 is 0 Å². The van der Waals surface area contributed by atoms with Crippen molar-refractivity contribution in [3.63, 3.8) is 0 Å². The molecule has 0 aromatic carbocycles. The van der Waals surface area contributed by atoms with Gasteiger partial charge in [-0.25, -0.2) is 9.59 Å². The fraction of sp³-hybridized carbons (Fsp3) is 0.700. The van der Waals surface area contributed by atoms with E-state index in [1.807, 2.05) is 6.08 Å². The molecular weight excluding hydrogens is 350 g/mol. The Labute approximate surface area is 160 Å². The zero-order valence-electron chi connectivity index (χ0n) is 16.8. The smallest absolute Gasteiger partial charge is 0.341 e. The van der Waals surface area contributed by atoms with Crippen molar-refractivity contribution in [2.45, 2.75) is 64.9 Å². The molecular formula is C20H31NO6. The lowest BCUT2D eigenvalue weighted by Gasteiger charge is -2.32. The molecule has 0 aliphatic carbocycles. The van der Waals surface area contributed by atoms with Gasteiger partial charge >= 0.3 is 11.9 Å². The normalized spacial score (nSPS) is 26.4. The Kier molecular flexibility index (Phi) is 6.83. The first kappa shape index (κ1) is 21.6. The van der Waals surface area contributed by atoms with E-state index in [1.165, 1.54) is 6.92 Å². The van der Waals surface area contributed by atoms with E-state index in [0.29, 0.717) is 12.1 Å². The van der Waals surface area contributed by atoms with Crippen molar-refractivity contribution in [1.82, 2.24) is 4.90 Å². The number of fused-ring (bicyclic) bond motifs is 1. The van der Waals surface area contributed by atoms with Gasteiger partial charge in [-0.2, -0.15) is 0 Å². The van der Waals surface area contributed by atoms with Gasteiger partial charge < -0.3 is 19.7 Å². The molecule has 0 aromatic rings. The molecule has 27 heavy (non-hydrogen) atoms. The van der Waals surface area contributed by atoms with E-state index in [2.05, 4.69) is 4.90 Å². The second-order valence-corrected chi connectivity index (χ2v) is 7.66. The topological polar surface area (TPSA) is 96.3 Å². The molecule has 7 nitrogen and oxygen atoms in total. The van der Waals surface area contributed by atoms with Gasteiger partial charge in [0.2, 0.25) is 0 Å². The van der Waals surface area contributed by atoms with E-state index in [0.717, 1.165) is 18.5 Å². The van der Waals surface area contributed by atoms with E-state index in [4.69, 9.17) is 9.47 Å². The summed E-state index contributed by atoms with van der Waals surface area (Å²) in [4.78, 5) is 26.7. The number of aliphatic hydroxyl groups excluding tert-OH is 1. The molecule has 0 aromatic heterocycles. The summed E-state index contributed by atoms with van der Waals surface area (Å²) >= 11 is 0. The van der Waals surface area contributed by atoms with Gasteiger partial charge in [-0.1, -0.05) is 26.0 Å². The second-order valence-electron chi connectivity index (χ2n) is 7.66. The van der Waals surface area contributed by atoms with Gasteiger partial charge in [-0.05, 0) is 38.7 Å². The number of hydrogen-bond donors (Lipinski definition) is 2. The standard InChI is InChI=1S/C20H31NO6/c1-6-13(4)18(23)27-16-8-10-21-9-7-15(17(16)21)11-26-19(24)20(25,12(2)3)14(5)22/h6-7,12,14,16-17,22,25H,8-11H2,1-5H3/b13-6-. The minimum atomic E-state index is -1.95. The van der Waals surface area contributed by atoms with Crippen LogP contribution in [0.2, 0.25) is 0 Å². The fourth-order valence-corrected chi connectivity index (χ4v) is 3.63. The molecule has 0 radical (unpaired) electrons. The highest BCUT2D eigenvalue weighted by Gasteiger charge is 2.47. The van der Waals surface area contributed by atoms with E-state index < -0.39 is 23.6 Å². The fourth-order valence-electron chi connectivity index (χ4n) is 3.63. The molecule has 4 atom stereocenters. The van der Waals surface area contributed by atoms with Crippen LogP contribution in [0.25, 0.3) is 0 Å². The van der Waals surface area contributed by atoms with Crippen molar-refractivity contribution < 1.29 is 29.3 Å². The molecule has 0 spiro atoms. The second kappa shape index (κ2) is 8.54. The number of rotatable bonds is 7. The Bertz CT molecular complexity index is 628. The van der Waals surface area contributed by atoms with Crippen LogP contribution in [0.5, 0.6) is 0 Å². The summed E-state index contributed by atoms with van der Waals surface area (Å²) in [6, 6.07) is -0.120. The molecule has 2 aliphatic rings. The third-order valence-electron chi connectivity index (χ3n) is 5.64. The average molecular weight is 381 g/mol. The van der Waals surface area contributed by atoms with E-state index in [-0.39, 0.29) is 24.7 Å². The van der Waals surface area contributed by atoms with Gasteiger partial charge in [0.25, 0.3) is 0 Å². The van der Waals surface area contributed by atoms with Gasteiger partial charge in [-0.15, -0.1) is 0 Å². The summed E-state index contributed by atoms with van der Waals surface area (Å²) < 4.78 is 11.0. The van der Waals surface area contributed by atoms with E-state index in [1.54, 1.807) is 33.8 Å². The molecule has 4 unspecified atom stereocenters. The molecule has 2 aliphatic heterocycles. The predicted octanol–water partition coefficient (Wildman–Crippen LogP) is 1.19. The molecule has 1 fully saturated rings. The van der Waals surface area contributed by atoms with E-state index in [9.17, 15) is 19.8 Å². The maximum atomic E-state index is 12.4. The summed E-state index contributed by atoms with van der Waals surface area (Å²) in [6.45, 7) is 9.68. The summed E-state index contributed by atoms with van der Waals surface area (Å²) in [5, 5.41) is 20.4. The molecule has 0 amide bonds. The largest absolute Gasteiger partial charge is 0.459 e. The SMILES string of the molecule is C/C=C(/C)C(=O)OC1CCN2CC=C(COC(=O)C(O)(C(C)C)C(C)O)C12. The first-order valence-electron chi connectivity index (χ1n) is 9.47. The zero-order valence-corrected chi connectivity index (χ0v) is 16.8. The van der Waals surface area contributed by atoms with Crippen molar-refractivity contribution in [3.8, 4) is 0 Å². The van der Waals surface area contributed by atoms with Gasteiger partial charge in [0, 0.05) is 18.7 Å². The van der Waals surface area contributed by atoms with Crippen LogP contribution in [0.4, 0.5) is 0 Å². The Morgan fingerprint density at radius 1 is 1.41 bits per heavy atom. The number of carbonyl (C=O) groups excluding carboxylic acids is 2. The Balaban J connectivity index is 2.03. The Morgan fingerprint density at radius 3 is 2.63 bits per heavy atom. The first-order valence-corrected chi connectivity index (χ1v) is 9.47. The quantitative estimate of drug-likeness (QED) is 0.388. The molecule has 2 heterocycles. The number of carbonyl (C=O) groups is 2. The summed E-state index contributed by atoms with van der Waals surface area (Å²) in [5.41, 5.74) is -0.542. The summed E-state index contributed by atoms with van der Waals surface area (Å²) in [7, 11) is 0. The van der Waals surface area contributed by atoms with Crippen molar-refractivity contribution >= 4 is 11.9 Å². The molecule has 0 bridgehead atoms. The van der Waals surface area contributed by atoms with E-state index >= 15 is 0 Å². The summed E-state index contributed by atoms with van der Waals surface area (Å²) in [6.07, 6.45) is 2.87. The molecule has 2 rings (SSSR count). The van der Waals surface area contributed by atoms with Crippen LogP contribution in [0.3, 0.4) is 0 Å². The highest BCUT2D eigenvalue weighted by atomic mass is 16.6. The lowest BCUT2D eigenvalue weighted by atomic mass is 9.85.